The van der Waals surface area contributed by atoms with Gasteiger partial charge in [0.2, 0.25) is 5.90 Å². The zero-order valence-electron chi connectivity index (χ0n) is 12.2. The third-order valence-electron chi connectivity index (χ3n) is 3.85. The van der Waals surface area contributed by atoms with Gasteiger partial charge < -0.3 is 14.0 Å². The summed E-state index contributed by atoms with van der Waals surface area (Å²) < 4.78 is 16.7. The van der Waals surface area contributed by atoms with E-state index in [2.05, 4.69) is 0 Å². The molecule has 1 saturated heterocycles. The minimum Gasteiger partial charge on any atom is -0.428 e. The Kier molecular flexibility index (Phi) is 3.71. The Morgan fingerprint density at radius 2 is 1.80 bits per heavy atom. The Morgan fingerprint density at radius 1 is 1.20 bits per heavy atom. The van der Waals surface area contributed by atoms with E-state index in [1.807, 2.05) is 39.8 Å². The summed E-state index contributed by atoms with van der Waals surface area (Å²) in [7, 11) is -0.465. The first-order valence-corrected chi connectivity index (χ1v) is 6.47. The smallest absolute Gasteiger partial charge is 0.428 e. The molecule has 0 radical (unpaired) electrons. The molecular weight excluding hydrogens is 255 g/mol. The van der Waals surface area contributed by atoms with Crippen molar-refractivity contribution in [1.82, 2.24) is 0 Å². The Balaban J connectivity index is 2.25. The molecule has 6 heteroatoms. The molecule has 0 unspecified atom stereocenters. The zero-order valence-corrected chi connectivity index (χ0v) is 12.2. The highest BCUT2D eigenvalue weighted by atomic mass is 16.7. The first-order valence-electron chi connectivity index (χ1n) is 6.47. The molecule has 0 spiro atoms. The molecule has 0 saturated carbocycles. The van der Waals surface area contributed by atoms with E-state index < -0.39 is 18.3 Å². The van der Waals surface area contributed by atoms with Crippen LogP contribution < -0.4 is 5.46 Å². The number of nitrogens with one attached hydrogen (secondary N) is 2. The largest absolute Gasteiger partial charge is 0.494 e. The third kappa shape index (κ3) is 2.62. The second-order valence-corrected chi connectivity index (χ2v) is 5.78. The van der Waals surface area contributed by atoms with Crippen molar-refractivity contribution in [3.8, 4) is 0 Å². The SMILES string of the molecule is CC1(C)OB(c2cccc(C(=N)OC=N)c2)OC1(C)C. The predicted octanol–water partition coefficient (Wildman–Crippen LogP) is 1.93. The van der Waals surface area contributed by atoms with E-state index in [9.17, 15) is 0 Å². The highest BCUT2D eigenvalue weighted by Gasteiger charge is 2.51. The molecule has 0 aliphatic carbocycles. The lowest BCUT2D eigenvalue weighted by atomic mass is 9.78. The molecule has 0 amide bonds. The lowest BCUT2D eigenvalue weighted by molar-refractivity contribution is 0.00578. The van der Waals surface area contributed by atoms with Crippen molar-refractivity contribution >= 4 is 24.9 Å². The maximum atomic E-state index is 7.70. The van der Waals surface area contributed by atoms with Crippen molar-refractivity contribution in [1.29, 1.82) is 10.8 Å². The number of ether oxygens (including phenoxy) is 1. The van der Waals surface area contributed by atoms with E-state index in [0.717, 1.165) is 11.9 Å². The average Bonchev–Trinajstić information content (AvgIpc) is 2.59. The first kappa shape index (κ1) is 14.7. The van der Waals surface area contributed by atoms with E-state index in [4.69, 9.17) is 24.9 Å². The van der Waals surface area contributed by atoms with Crippen LogP contribution in [0.3, 0.4) is 0 Å². The molecule has 0 aromatic heterocycles. The van der Waals surface area contributed by atoms with Gasteiger partial charge in [0, 0.05) is 5.56 Å². The molecule has 5 nitrogen and oxygen atoms in total. The number of rotatable bonds is 3. The van der Waals surface area contributed by atoms with Crippen molar-refractivity contribution in [3.63, 3.8) is 0 Å². The molecular formula is C14H19BN2O3. The molecule has 2 rings (SSSR count). The van der Waals surface area contributed by atoms with Gasteiger partial charge in [-0.2, -0.15) is 0 Å². The van der Waals surface area contributed by atoms with Gasteiger partial charge in [-0.1, -0.05) is 12.1 Å². The molecule has 1 aliphatic heterocycles. The van der Waals surface area contributed by atoms with Gasteiger partial charge in [0.15, 0.2) is 6.40 Å². The van der Waals surface area contributed by atoms with Gasteiger partial charge in [0.1, 0.15) is 0 Å². The maximum absolute atomic E-state index is 7.70. The maximum Gasteiger partial charge on any atom is 0.494 e. The van der Waals surface area contributed by atoms with E-state index in [1.54, 1.807) is 12.1 Å². The monoisotopic (exact) mass is 274 g/mol. The van der Waals surface area contributed by atoms with Crippen LogP contribution in [0.1, 0.15) is 33.3 Å². The summed E-state index contributed by atoms with van der Waals surface area (Å²) in [6.07, 6.45) is 0.740. The van der Waals surface area contributed by atoms with Crippen LogP contribution in [0.25, 0.3) is 0 Å². The van der Waals surface area contributed by atoms with Crippen LogP contribution in [-0.4, -0.2) is 30.6 Å². The summed E-state index contributed by atoms with van der Waals surface area (Å²) in [5.74, 6) is -0.0710. The number of hydrogen-bond acceptors (Lipinski definition) is 5. The Morgan fingerprint density at radius 3 is 2.35 bits per heavy atom. The fourth-order valence-corrected chi connectivity index (χ4v) is 1.93. The van der Waals surface area contributed by atoms with Crippen molar-refractivity contribution in [2.45, 2.75) is 38.9 Å². The number of benzene rings is 1. The van der Waals surface area contributed by atoms with Crippen molar-refractivity contribution < 1.29 is 14.0 Å². The van der Waals surface area contributed by atoms with Gasteiger partial charge in [-0.25, -0.2) is 0 Å². The topological polar surface area (TPSA) is 75.4 Å². The van der Waals surface area contributed by atoms with E-state index in [0.29, 0.717) is 5.56 Å². The summed E-state index contributed by atoms with van der Waals surface area (Å²) >= 11 is 0. The quantitative estimate of drug-likeness (QED) is 0.502. The highest BCUT2D eigenvalue weighted by Crippen LogP contribution is 2.36. The molecule has 1 aliphatic rings. The normalized spacial score (nSPS) is 19.7. The lowest BCUT2D eigenvalue weighted by Gasteiger charge is -2.32. The van der Waals surface area contributed by atoms with Crippen molar-refractivity contribution in [3.05, 3.63) is 29.8 Å². The molecule has 0 atom stereocenters. The fourth-order valence-electron chi connectivity index (χ4n) is 1.93. The van der Waals surface area contributed by atoms with Gasteiger partial charge in [-0.3, -0.25) is 10.8 Å². The molecule has 1 aromatic carbocycles. The molecule has 2 N–H and O–H groups in total. The summed E-state index contributed by atoms with van der Waals surface area (Å²) in [6, 6.07) is 7.25. The second kappa shape index (κ2) is 5.03. The van der Waals surface area contributed by atoms with E-state index in [1.165, 1.54) is 0 Å². The Bertz CT molecular complexity index is 527. The minimum atomic E-state index is -0.465. The summed E-state index contributed by atoms with van der Waals surface area (Å²) in [5, 5.41) is 14.6. The van der Waals surface area contributed by atoms with Gasteiger partial charge in [0.05, 0.1) is 11.2 Å². The van der Waals surface area contributed by atoms with Crippen molar-refractivity contribution in [2.75, 3.05) is 0 Å². The fraction of sp³-hybridized carbons (Fsp3) is 0.429. The van der Waals surface area contributed by atoms with E-state index >= 15 is 0 Å². The van der Waals surface area contributed by atoms with Crippen molar-refractivity contribution in [2.24, 2.45) is 0 Å². The average molecular weight is 274 g/mol. The molecule has 0 bridgehead atoms. The highest BCUT2D eigenvalue weighted by molar-refractivity contribution is 6.62. The zero-order chi connectivity index (χ0) is 15.0. The Labute approximate surface area is 119 Å². The summed E-state index contributed by atoms with van der Waals surface area (Å²) in [4.78, 5) is 0. The molecule has 1 heterocycles. The van der Waals surface area contributed by atoms with Crippen LogP contribution in [-0.2, 0) is 14.0 Å². The van der Waals surface area contributed by atoms with Gasteiger partial charge in [-0.05, 0) is 45.3 Å². The Hall–Kier alpha value is -1.66. The molecule has 1 fully saturated rings. The summed E-state index contributed by atoms with van der Waals surface area (Å²) in [5.41, 5.74) is 0.624. The van der Waals surface area contributed by atoms with Crippen LogP contribution in [0.4, 0.5) is 0 Å². The molecule has 20 heavy (non-hydrogen) atoms. The molecule has 106 valence electrons. The van der Waals surface area contributed by atoms with Crippen LogP contribution >= 0.6 is 0 Å². The number of hydrogen-bond donors (Lipinski definition) is 2. The van der Waals surface area contributed by atoms with Crippen LogP contribution in [0.2, 0.25) is 0 Å². The van der Waals surface area contributed by atoms with Crippen LogP contribution in [0, 0.1) is 10.8 Å². The second-order valence-electron chi connectivity index (χ2n) is 5.78. The van der Waals surface area contributed by atoms with Crippen LogP contribution in [0.15, 0.2) is 24.3 Å². The third-order valence-corrected chi connectivity index (χ3v) is 3.85. The van der Waals surface area contributed by atoms with Crippen LogP contribution in [0.5, 0.6) is 0 Å². The summed E-state index contributed by atoms with van der Waals surface area (Å²) in [6.45, 7) is 7.99. The first-order chi connectivity index (χ1) is 9.27. The minimum absolute atomic E-state index is 0.0710. The molecule has 1 aromatic rings. The van der Waals surface area contributed by atoms with E-state index in [-0.39, 0.29) is 5.90 Å². The standard InChI is InChI=1S/C14H19BN2O3/c1-13(2)14(3,4)20-15(19-13)11-7-5-6-10(8-11)12(17)18-9-16/h5-9,16-17H,1-4H3. The predicted molar refractivity (Wildman–Crippen MR) is 78.9 cm³/mol. The van der Waals surface area contributed by atoms with Gasteiger partial charge in [-0.15, -0.1) is 0 Å². The van der Waals surface area contributed by atoms with Gasteiger partial charge in [0.25, 0.3) is 0 Å². The lowest BCUT2D eigenvalue weighted by Crippen LogP contribution is -2.41. The van der Waals surface area contributed by atoms with Gasteiger partial charge >= 0.3 is 7.12 Å².